The molecule has 1 atom stereocenters. The summed E-state index contributed by atoms with van der Waals surface area (Å²) in [6, 6.07) is 12.2. The number of benzene rings is 2. The molecule has 2 aromatic carbocycles. The molecule has 144 valence electrons. The summed E-state index contributed by atoms with van der Waals surface area (Å²) in [5.41, 5.74) is 8.34. The van der Waals surface area contributed by atoms with Crippen molar-refractivity contribution in [3.05, 3.63) is 64.2 Å². The molecule has 0 aliphatic carbocycles. The van der Waals surface area contributed by atoms with E-state index in [-0.39, 0.29) is 12.5 Å². The van der Waals surface area contributed by atoms with Crippen molar-refractivity contribution in [3.63, 3.8) is 0 Å². The molecule has 0 radical (unpaired) electrons. The van der Waals surface area contributed by atoms with Gasteiger partial charge in [0.15, 0.2) is 6.61 Å². The van der Waals surface area contributed by atoms with Gasteiger partial charge < -0.3 is 4.74 Å². The summed E-state index contributed by atoms with van der Waals surface area (Å²) in [5.74, 6) is 0.944. The van der Waals surface area contributed by atoms with Crippen LogP contribution in [0.5, 0.6) is 5.75 Å². The molecule has 0 saturated carbocycles. The van der Waals surface area contributed by atoms with Crippen molar-refractivity contribution in [2.45, 2.75) is 53.4 Å². The van der Waals surface area contributed by atoms with Gasteiger partial charge in [0, 0.05) is 5.56 Å². The smallest absolute Gasteiger partial charge is 0.277 e. The molecule has 0 fully saturated rings. The Hall–Kier alpha value is -2.62. The lowest BCUT2D eigenvalue weighted by molar-refractivity contribution is -0.123. The van der Waals surface area contributed by atoms with E-state index in [1.165, 1.54) is 24.0 Å². The van der Waals surface area contributed by atoms with Crippen LogP contribution in [0.1, 0.15) is 60.4 Å². The van der Waals surface area contributed by atoms with E-state index in [1.807, 2.05) is 26.0 Å². The fourth-order valence-corrected chi connectivity index (χ4v) is 3.24. The quantitative estimate of drug-likeness (QED) is 0.525. The number of hydrogen-bond acceptors (Lipinski definition) is 3. The van der Waals surface area contributed by atoms with Crippen LogP contribution >= 0.6 is 0 Å². The normalized spacial score (nSPS) is 12.2. The van der Waals surface area contributed by atoms with Crippen molar-refractivity contribution in [1.29, 1.82) is 0 Å². The van der Waals surface area contributed by atoms with Gasteiger partial charge in [0.1, 0.15) is 5.75 Å². The topological polar surface area (TPSA) is 50.7 Å². The minimum Gasteiger partial charge on any atom is -0.484 e. The molecule has 1 N–H and O–H groups in total. The number of hydrogen-bond donors (Lipinski definition) is 1. The number of hydrazone groups is 1. The number of ether oxygens (including phenoxy) is 1. The van der Waals surface area contributed by atoms with Crippen LogP contribution < -0.4 is 10.2 Å². The van der Waals surface area contributed by atoms with Gasteiger partial charge in [-0.2, -0.15) is 5.10 Å². The molecule has 0 spiro atoms. The summed E-state index contributed by atoms with van der Waals surface area (Å²) >= 11 is 0. The fourth-order valence-electron chi connectivity index (χ4n) is 3.24. The third kappa shape index (κ3) is 6.24. The Labute approximate surface area is 162 Å². The molecule has 0 aliphatic rings. The first-order valence-electron chi connectivity index (χ1n) is 9.53. The lowest BCUT2D eigenvalue weighted by atomic mass is 9.97. The molecule has 27 heavy (non-hydrogen) atoms. The maximum atomic E-state index is 11.9. The molecule has 4 heteroatoms. The van der Waals surface area contributed by atoms with Crippen LogP contribution in [0.2, 0.25) is 0 Å². The van der Waals surface area contributed by atoms with Gasteiger partial charge in [-0.15, -0.1) is 0 Å². The van der Waals surface area contributed by atoms with E-state index in [0.29, 0.717) is 11.7 Å². The van der Waals surface area contributed by atoms with Gasteiger partial charge in [0.2, 0.25) is 0 Å². The monoisotopic (exact) mass is 366 g/mol. The molecule has 0 bridgehead atoms. The Morgan fingerprint density at radius 3 is 2.37 bits per heavy atom. The lowest BCUT2D eigenvalue weighted by Gasteiger charge is -2.11. The van der Waals surface area contributed by atoms with Crippen LogP contribution in [0.15, 0.2) is 41.5 Å². The third-order valence-corrected chi connectivity index (χ3v) is 4.66. The average molecular weight is 367 g/mol. The summed E-state index contributed by atoms with van der Waals surface area (Å²) in [7, 11) is 0. The van der Waals surface area contributed by atoms with E-state index in [2.05, 4.69) is 55.6 Å². The van der Waals surface area contributed by atoms with Crippen LogP contribution in [0, 0.1) is 20.8 Å². The summed E-state index contributed by atoms with van der Waals surface area (Å²) in [6.45, 7) is 10.5. The fraction of sp³-hybridized carbons (Fsp3) is 0.391. The maximum absolute atomic E-state index is 11.9. The van der Waals surface area contributed by atoms with E-state index in [4.69, 9.17) is 4.74 Å². The molecule has 1 amide bonds. The number of nitrogens with zero attached hydrogens (tertiary/aromatic N) is 1. The Bertz CT molecular complexity index is 772. The van der Waals surface area contributed by atoms with Gasteiger partial charge in [-0.05, 0) is 61.9 Å². The van der Waals surface area contributed by atoms with E-state index in [9.17, 15) is 4.79 Å². The Morgan fingerprint density at radius 2 is 1.78 bits per heavy atom. The second-order valence-electron chi connectivity index (χ2n) is 7.15. The molecule has 0 aromatic heterocycles. The highest BCUT2D eigenvalue weighted by molar-refractivity contribution is 5.85. The van der Waals surface area contributed by atoms with Crippen molar-refractivity contribution in [2.24, 2.45) is 5.10 Å². The summed E-state index contributed by atoms with van der Waals surface area (Å²) < 4.78 is 5.54. The van der Waals surface area contributed by atoms with E-state index in [1.54, 1.807) is 6.21 Å². The second-order valence-corrected chi connectivity index (χ2v) is 7.15. The van der Waals surface area contributed by atoms with Crippen molar-refractivity contribution in [1.82, 2.24) is 5.43 Å². The van der Waals surface area contributed by atoms with Crippen LogP contribution in [0.4, 0.5) is 0 Å². The van der Waals surface area contributed by atoms with Crippen LogP contribution in [-0.4, -0.2) is 18.7 Å². The van der Waals surface area contributed by atoms with E-state index in [0.717, 1.165) is 16.7 Å². The summed E-state index contributed by atoms with van der Waals surface area (Å²) in [4.78, 5) is 11.9. The summed E-state index contributed by atoms with van der Waals surface area (Å²) in [6.07, 6.45) is 4.02. The zero-order chi connectivity index (χ0) is 19.8. The van der Waals surface area contributed by atoms with Crippen molar-refractivity contribution >= 4 is 12.1 Å². The predicted molar refractivity (Wildman–Crippen MR) is 112 cm³/mol. The molecule has 2 rings (SSSR count). The van der Waals surface area contributed by atoms with Crippen molar-refractivity contribution in [3.8, 4) is 5.75 Å². The number of aryl methyl sites for hydroxylation is 3. The highest BCUT2D eigenvalue weighted by Crippen LogP contribution is 2.22. The predicted octanol–water partition coefficient (Wildman–Crippen LogP) is 5.04. The molecule has 0 unspecified atom stereocenters. The Kier molecular flexibility index (Phi) is 7.59. The Balaban J connectivity index is 1.84. The molecule has 0 aliphatic heterocycles. The van der Waals surface area contributed by atoms with Gasteiger partial charge >= 0.3 is 0 Å². The van der Waals surface area contributed by atoms with Crippen molar-refractivity contribution in [2.75, 3.05) is 6.61 Å². The van der Waals surface area contributed by atoms with Crippen LogP contribution in [-0.2, 0) is 4.79 Å². The zero-order valence-electron chi connectivity index (χ0n) is 17.0. The van der Waals surface area contributed by atoms with Crippen molar-refractivity contribution < 1.29 is 9.53 Å². The first-order chi connectivity index (χ1) is 12.9. The number of amides is 1. The van der Waals surface area contributed by atoms with Gasteiger partial charge in [-0.25, -0.2) is 5.43 Å². The third-order valence-electron chi connectivity index (χ3n) is 4.66. The first-order valence-corrected chi connectivity index (χ1v) is 9.53. The molecular formula is C23H30N2O2. The van der Waals surface area contributed by atoms with Crippen LogP contribution in [0.25, 0.3) is 0 Å². The SMILES string of the molecule is CCC[C@H](C)c1ccc(OCC(=O)N/N=C\c2c(C)cc(C)cc2C)cc1. The number of nitrogens with one attached hydrogen (secondary N) is 1. The zero-order valence-corrected chi connectivity index (χ0v) is 17.0. The largest absolute Gasteiger partial charge is 0.484 e. The Morgan fingerprint density at radius 1 is 1.15 bits per heavy atom. The number of carbonyl (C=O) groups excluding carboxylic acids is 1. The maximum Gasteiger partial charge on any atom is 0.277 e. The highest BCUT2D eigenvalue weighted by Gasteiger charge is 2.06. The number of carbonyl (C=O) groups is 1. The van der Waals surface area contributed by atoms with Gasteiger partial charge in [-0.3, -0.25) is 4.79 Å². The minimum absolute atomic E-state index is 0.0624. The summed E-state index contributed by atoms with van der Waals surface area (Å²) in [5, 5.41) is 4.06. The standard InChI is InChI=1S/C23H30N2O2/c1-6-7-17(3)20-8-10-21(11-9-20)27-15-23(26)25-24-14-22-18(4)12-16(2)13-19(22)5/h8-14,17H,6-7,15H2,1-5H3,(H,25,26)/b24-14-/t17-/m0/s1. The average Bonchev–Trinajstić information content (AvgIpc) is 2.62. The highest BCUT2D eigenvalue weighted by atomic mass is 16.5. The van der Waals surface area contributed by atoms with Gasteiger partial charge in [0.25, 0.3) is 5.91 Å². The first kappa shape index (κ1) is 20.7. The number of rotatable bonds is 8. The minimum atomic E-state index is -0.280. The lowest BCUT2D eigenvalue weighted by Crippen LogP contribution is -2.24. The van der Waals surface area contributed by atoms with Gasteiger partial charge in [0.05, 0.1) is 6.21 Å². The van der Waals surface area contributed by atoms with Crippen LogP contribution in [0.3, 0.4) is 0 Å². The van der Waals surface area contributed by atoms with Gasteiger partial charge in [-0.1, -0.05) is 50.1 Å². The molecular weight excluding hydrogens is 336 g/mol. The second kappa shape index (κ2) is 9.91. The molecule has 2 aromatic rings. The van der Waals surface area contributed by atoms with E-state index >= 15 is 0 Å². The molecule has 0 heterocycles. The molecule has 4 nitrogen and oxygen atoms in total. The molecule has 0 saturated heterocycles. The van der Waals surface area contributed by atoms with E-state index < -0.39 is 0 Å².